The summed E-state index contributed by atoms with van der Waals surface area (Å²) >= 11 is 0. The molecule has 16 heavy (non-hydrogen) atoms. The second-order valence-electron chi connectivity index (χ2n) is 4.45. The predicted molar refractivity (Wildman–Crippen MR) is 66.1 cm³/mol. The van der Waals surface area contributed by atoms with Crippen molar-refractivity contribution in [2.24, 2.45) is 0 Å². The first kappa shape index (κ1) is 12.8. The lowest BCUT2D eigenvalue weighted by Crippen LogP contribution is -2.17. The molecule has 0 bridgehead atoms. The lowest BCUT2D eigenvalue weighted by atomic mass is 10.1. The normalized spacial score (nSPS) is 20.6. The molecule has 0 aromatic rings. The van der Waals surface area contributed by atoms with Crippen molar-refractivity contribution in [1.29, 1.82) is 0 Å². The van der Waals surface area contributed by atoms with E-state index in [0.717, 1.165) is 19.3 Å². The Hall–Kier alpha value is -1.31. The van der Waals surface area contributed by atoms with Crippen molar-refractivity contribution in [1.82, 2.24) is 0 Å². The molecule has 0 aromatic carbocycles. The van der Waals surface area contributed by atoms with Gasteiger partial charge in [0.1, 0.15) is 6.10 Å². The Balaban J connectivity index is 2.41. The first-order valence-electron chi connectivity index (χ1n) is 5.75. The largest absolute Gasteiger partial charge is 0.455 e. The Kier molecular flexibility index (Phi) is 5.03. The molecule has 1 rings (SSSR count). The quantitative estimate of drug-likeness (QED) is 0.535. The maximum absolute atomic E-state index is 11.0. The molecule has 0 radical (unpaired) electrons. The van der Waals surface area contributed by atoms with Crippen LogP contribution in [0.3, 0.4) is 0 Å². The number of cyclic esters (lactones) is 1. The van der Waals surface area contributed by atoms with Gasteiger partial charge in [-0.1, -0.05) is 23.3 Å². The van der Waals surface area contributed by atoms with Crippen molar-refractivity contribution in [3.05, 3.63) is 35.5 Å². The van der Waals surface area contributed by atoms with E-state index >= 15 is 0 Å². The molecular weight excluding hydrogens is 200 g/mol. The van der Waals surface area contributed by atoms with E-state index in [4.69, 9.17) is 4.74 Å². The van der Waals surface area contributed by atoms with Gasteiger partial charge >= 0.3 is 5.97 Å². The molecule has 88 valence electrons. The summed E-state index contributed by atoms with van der Waals surface area (Å²) in [6.45, 7) is 6.30. The molecule has 0 saturated carbocycles. The van der Waals surface area contributed by atoms with Crippen molar-refractivity contribution >= 4 is 5.97 Å². The highest BCUT2D eigenvalue weighted by Gasteiger charge is 2.12. The summed E-state index contributed by atoms with van der Waals surface area (Å²) in [5.74, 6) is -0.232. The first-order chi connectivity index (χ1) is 7.58. The minimum atomic E-state index is -0.232. The fourth-order valence-corrected chi connectivity index (χ4v) is 1.63. The summed E-state index contributed by atoms with van der Waals surface area (Å²) in [6, 6.07) is 0. The Bertz CT molecular complexity index is 331. The van der Waals surface area contributed by atoms with E-state index in [9.17, 15) is 4.79 Å². The number of esters is 1. The molecule has 0 aromatic heterocycles. The summed E-state index contributed by atoms with van der Waals surface area (Å²) < 4.78 is 5.17. The third kappa shape index (κ3) is 4.96. The van der Waals surface area contributed by atoms with Gasteiger partial charge in [-0.05, 0) is 39.7 Å². The molecule has 0 N–H and O–H groups in total. The molecule has 0 spiro atoms. The molecular formula is C14H20O2. The van der Waals surface area contributed by atoms with Crippen molar-refractivity contribution in [2.75, 3.05) is 0 Å². The van der Waals surface area contributed by atoms with Crippen LogP contribution < -0.4 is 0 Å². The average Bonchev–Trinajstić information content (AvgIpc) is 2.16. The van der Waals surface area contributed by atoms with Gasteiger partial charge in [0.05, 0.1) is 0 Å². The highest BCUT2D eigenvalue weighted by molar-refractivity contribution is 5.82. The van der Waals surface area contributed by atoms with Gasteiger partial charge in [-0.25, -0.2) is 4.79 Å². The lowest BCUT2D eigenvalue weighted by molar-refractivity contribution is -0.141. The molecule has 0 aliphatic carbocycles. The highest BCUT2D eigenvalue weighted by atomic mass is 16.5. The van der Waals surface area contributed by atoms with Gasteiger partial charge in [-0.15, -0.1) is 0 Å². The Morgan fingerprint density at radius 2 is 2.25 bits per heavy atom. The Labute approximate surface area is 97.7 Å². The van der Waals surface area contributed by atoms with Crippen LogP contribution in [0.15, 0.2) is 35.5 Å². The second-order valence-corrected chi connectivity index (χ2v) is 4.45. The van der Waals surface area contributed by atoms with Crippen LogP contribution in [-0.4, -0.2) is 12.1 Å². The van der Waals surface area contributed by atoms with Crippen molar-refractivity contribution < 1.29 is 9.53 Å². The van der Waals surface area contributed by atoms with Gasteiger partial charge in [0, 0.05) is 12.5 Å². The molecule has 0 saturated heterocycles. The van der Waals surface area contributed by atoms with Gasteiger partial charge < -0.3 is 4.74 Å². The fraction of sp³-hybridized carbons (Fsp3) is 0.500. The van der Waals surface area contributed by atoms with Crippen LogP contribution in [0.25, 0.3) is 0 Å². The van der Waals surface area contributed by atoms with Crippen LogP contribution in [0.2, 0.25) is 0 Å². The third-order valence-electron chi connectivity index (χ3n) is 2.45. The van der Waals surface area contributed by atoms with Crippen LogP contribution in [-0.2, 0) is 9.53 Å². The lowest BCUT2D eigenvalue weighted by Gasteiger charge is -2.15. The summed E-state index contributed by atoms with van der Waals surface area (Å²) in [5.41, 5.74) is 2.63. The van der Waals surface area contributed by atoms with Gasteiger partial charge in [0.15, 0.2) is 0 Å². The fourth-order valence-electron chi connectivity index (χ4n) is 1.63. The molecule has 1 atom stereocenters. The second kappa shape index (κ2) is 6.31. The number of carbonyl (C=O) groups excluding carboxylic acids is 1. The number of hydrogen-bond acceptors (Lipinski definition) is 2. The van der Waals surface area contributed by atoms with Crippen molar-refractivity contribution in [3.8, 4) is 0 Å². The predicted octanol–water partition coefficient (Wildman–Crippen LogP) is 3.55. The smallest absolute Gasteiger partial charge is 0.331 e. The van der Waals surface area contributed by atoms with E-state index in [-0.39, 0.29) is 12.1 Å². The molecule has 1 unspecified atom stereocenters. The standard InChI is InChI=1S/C14H20O2/c1-11(2)6-4-7-12(3)10-13-8-5-9-14(15)16-13/h5-6,9-10,13H,4,7-8H2,1-3H3/b12-10+. The van der Waals surface area contributed by atoms with E-state index in [0.29, 0.717) is 0 Å². The summed E-state index contributed by atoms with van der Waals surface area (Å²) in [7, 11) is 0. The number of carbonyl (C=O) groups is 1. The number of hydrogen-bond donors (Lipinski definition) is 0. The Morgan fingerprint density at radius 3 is 2.88 bits per heavy atom. The molecule has 0 fully saturated rings. The third-order valence-corrected chi connectivity index (χ3v) is 2.45. The maximum atomic E-state index is 11.0. The topological polar surface area (TPSA) is 26.3 Å². The molecule has 1 aliphatic rings. The Morgan fingerprint density at radius 1 is 1.50 bits per heavy atom. The number of allylic oxidation sites excluding steroid dienone is 3. The van der Waals surface area contributed by atoms with Gasteiger partial charge in [-0.2, -0.15) is 0 Å². The van der Waals surface area contributed by atoms with Crippen LogP contribution in [0.1, 0.15) is 40.0 Å². The SMILES string of the molecule is CC(C)=CCC/C(C)=C/C1CC=CC(=O)O1. The number of ether oxygens (including phenoxy) is 1. The summed E-state index contributed by atoms with van der Waals surface area (Å²) in [6.07, 6.45) is 10.5. The number of rotatable bonds is 4. The minimum absolute atomic E-state index is 0.0656. The van der Waals surface area contributed by atoms with Crippen molar-refractivity contribution in [3.63, 3.8) is 0 Å². The molecule has 2 nitrogen and oxygen atoms in total. The highest BCUT2D eigenvalue weighted by Crippen LogP contribution is 2.14. The summed E-state index contributed by atoms with van der Waals surface area (Å²) in [4.78, 5) is 11.0. The average molecular weight is 220 g/mol. The van der Waals surface area contributed by atoms with E-state index in [2.05, 4.69) is 32.9 Å². The maximum Gasteiger partial charge on any atom is 0.331 e. The van der Waals surface area contributed by atoms with E-state index in [1.165, 1.54) is 17.2 Å². The van der Waals surface area contributed by atoms with Gasteiger partial charge in [-0.3, -0.25) is 0 Å². The van der Waals surface area contributed by atoms with E-state index in [1.54, 1.807) is 0 Å². The van der Waals surface area contributed by atoms with Crippen LogP contribution >= 0.6 is 0 Å². The zero-order valence-electron chi connectivity index (χ0n) is 10.3. The zero-order chi connectivity index (χ0) is 12.0. The minimum Gasteiger partial charge on any atom is -0.455 e. The molecule has 2 heteroatoms. The molecule has 1 heterocycles. The van der Waals surface area contributed by atoms with E-state index < -0.39 is 0 Å². The zero-order valence-corrected chi connectivity index (χ0v) is 10.3. The van der Waals surface area contributed by atoms with Crippen molar-refractivity contribution in [2.45, 2.75) is 46.1 Å². The molecule has 1 aliphatic heterocycles. The van der Waals surface area contributed by atoms with Gasteiger partial charge in [0.2, 0.25) is 0 Å². The van der Waals surface area contributed by atoms with Crippen LogP contribution in [0, 0.1) is 0 Å². The van der Waals surface area contributed by atoms with Crippen LogP contribution in [0.4, 0.5) is 0 Å². The summed E-state index contributed by atoms with van der Waals surface area (Å²) in [5, 5.41) is 0. The monoisotopic (exact) mass is 220 g/mol. The van der Waals surface area contributed by atoms with Crippen LogP contribution in [0.5, 0.6) is 0 Å². The van der Waals surface area contributed by atoms with Gasteiger partial charge in [0.25, 0.3) is 0 Å². The van der Waals surface area contributed by atoms with E-state index in [1.807, 2.05) is 6.08 Å². The first-order valence-corrected chi connectivity index (χ1v) is 5.75. The molecule has 0 amide bonds.